The smallest absolute Gasteiger partial charge is 0.853 e. The van der Waals surface area contributed by atoms with Crippen LogP contribution in [0.3, 0.4) is 0 Å². The minimum absolute atomic E-state index is 0. The molecular weight excluding hydrogens is 313 g/mol. The second kappa shape index (κ2) is 6.72. The summed E-state index contributed by atoms with van der Waals surface area (Å²) in [6, 6.07) is 0. The molecule has 0 unspecified atom stereocenters. The summed E-state index contributed by atoms with van der Waals surface area (Å²) < 4.78 is 124. The number of hydrogen-bond acceptors (Lipinski definition) is 2. The number of hydrogen-bond donors (Lipinski definition) is 0. The maximum absolute atomic E-state index is 12.6. The summed E-state index contributed by atoms with van der Waals surface area (Å²) in [5, 5.41) is 9.81. The van der Waals surface area contributed by atoms with Crippen LogP contribution in [0.1, 0.15) is 0 Å². The van der Waals surface area contributed by atoms with Gasteiger partial charge in [-0.05, 0) is 0 Å². The predicted octanol–water partition coefficient (Wildman–Crippen LogP) is -0.869. The molecule has 0 atom stereocenters. The van der Waals surface area contributed by atoms with Crippen molar-refractivity contribution in [2.45, 2.75) is 30.3 Å². The van der Waals surface area contributed by atoms with Gasteiger partial charge in [0.1, 0.15) is 0 Å². The largest absolute Gasteiger partial charge is 1.00 e. The molecule has 0 aromatic heterocycles. The van der Waals surface area contributed by atoms with E-state index in [0.29, 0.717) is 0 Å². The fraction of sp³-hybridized carbons (Fsp3) is 1.00. The van der Waals surface area contributed by atoms with Crippen molar-refractivity contribution in [1.82, 2.24) is 0 Å². The van der Waals surface area contributed by atoms with E-state index in [1.165, 1.54) is 0 Å². The number of halogens is 10. The first-order chi connectivity index (χ1) is 8.19. The van der Waals surface area contributed by atoms with Crippen molar-refractivity contribution in [2.75, 3.05) is 13.2 Å². The molecule has 0 aliphatic rings. The standard InChI is InChI=1S/C7H5F10O2.Li/c8-4(9,6(12,13)14)3(19-2-1-18)5(10,11)7(15,16)17;/h3H,1-2H2;/q-1;+1. The summed E-state index contributed by atoms with van der Waals surface area (Å²) in [6.07, 6.45) is -18.3. The van der Waals surface area contributed by atoms with E-state index in [1.54, 1.807) is 0 Å². The van der Waals surface area contributed by atoms with Crippen LogP contribution >= 0.6 is 0 Å². The number of alkyl halides is 10. The van der Waals surface area contributed by atoms with Crippen LogP contribution in [0.2, 0.25) is 0 Å². The fourth-order valence-corrected chi connectivity index (χ4v) is 0.900. The molecule has 20 heavy (non-hydrogen) atoms. The maximum atomic E-state index is 12.6. The Kier molecular flexibility index (Phi) is 7.43. The molecule has 13 heteroatoms. The Balaban J connectivity index is 0. The van der Waals surface area contributed by atoms with Crippen molar-refractivity contribution in [3.63, 3.8) is 0 Å². The molecule has 0 aromatic carbocycles. The molecule has 0 saturated carbocycles. The zero-order valence-electron chi connectivity index (χ0n) is 9.59. The molecule has 0 spiro atoms. The Labute approximate surface area is 117 Å². The Morgan fingerprint density at radius 3 is 1.25 bits per heavy atom. The van der Waals surface area contributed by atoms with E-state index < -0.39 is 43.5 Å². The first-order valence-corrected chi connectivity index (χ1v) is 4.28. The molecule has 0 heterocycles. The molecular formula is C7H5F10LiO2. The van der Waals surface area contributed by atoms with Crippen LogP contribution in [0.25, 0.3) is 0 Å². The van der Waals surface area contributed by atoms with Crippen molar-refractivity contribution in [1.29, 1.82) is 0 Å². The Morgan fingerprint density at radius 1 is 0.750 bits per heavy atom. The average molecular weight is 318 g/mol. The van der Waals surface area contributed by atoms with Gasteiger partial charge in [0.05, 0.1) is 0 Å². The zero-order valence-corrected chi connectivity index (χ0v) is 9.59. The molecule has 0 saturated heterocycles. The van der Waals surface area contributed by atoms with E-state index in [0.717, 1.165) is 0 Å². The van der Waals surface area contributed by atoms with Crippen molar-refractivity contribution in [3.8, 4) is 0 Å². The first-order valence-electron chi connectivity index (χ1n) is 4.28. The van der Waals surface area contributed by atoms with Gasteiger partial charge >= 0.3 is 43.1 Å². The van der Waals surface area contributed by atoms with Crippen molar-refractivity contribution in [3.05, 3.63) is 0 Å². The van der Waals surface area contributed by atoms with Gasteiger partial charge in [0, 0.05) is 6.61 Å². The molecule has 0 amide bonds. The number of rotatable bonds is 5. The fourth-order valence-electron chi connectivity index (χ4n) is 0.900. The van der Waals surface area contributed by atoms with Crippen LogP contribution in [0.4, 0.5) is 43.9 Å². The van der Waals surface area contributed by atoms with Crippen molar-refractivity contribution < 1.29 is 72.6 Å². The Morgan fingerprint density at radius 2 is 1.05 bits per heavy atom. The minimum Gasteiger partial charge on any atom is -0.853 e. The summed E-state index contributed by atoms with van der Waals surface area (Å²) in [4.78, 5) is 0. The van der Waals surface area contributed by atoms with Crippen LogP contribution in [-0.2, 0) is 4.74 Å². The zero-order chi connectivity index (χ0) is 15.7. The van der Waals surface area contributed by atoms with Gasteiger partial charge in [-0.2, -0.15) is 43.9 Å². The summed E-state index contributed by atoms with van der Waals surface area (Å²) >= 11 is 0. The van der Waals surface area contributed by atoms with Gasteiger partial charge in [0.2, 0.25) is 6.10 Å². The van der Waals surface area contributed by atoms with Gasteiger partial charge < -0.3 is 9.84 Å². The number of ether oxygens (including phenoxy) is 1. The third-order valence-electron chi connectivity index (χ3n) is 1.78. The van der Waals surface area contributed by atoms with Crippen LogP contribution in [0, 0.1) is 0 Å². The monoisotopic (exact) mass is 318 g/mol. The average Bonchev–Trinajstić information content (AvgIpc) is 2.13. The van der Waals surface area contributed by atoms with E-state index in [9.17, 15) is 49.0 Å². The molecule has 0 aromatic rings. The minimum atomic E-state index is -6.70. The van der Waals surface area contributed by atoms with Gasteiger partial charge in [0.15, 0.2) is 0 Å². The normalized spacial score (nSPS) is 14.4. The van der Waals surface area contributed by atoms with Gasteiger partial charge in [-0.3, -0.25) is 0 Å². The van der Waals surface area contributed by atoms with Crippen molar-refractivity contribution >= 4 is 0 Å². The van der Waals surface area contributed by atoms with Gasteiger partial charge in [-0.1, -0.05) is 0 Å². The SMILES string of the molecule is [Li+].[O-]CCOC(C(F)(F)C(F)(F)F)C(F)(F)C(F)(F)F. The van der Waals surface area contributed by atoms with Crippen LogP contribution in [-0.4, -0.2) is 43.5 Å². The van der Waals surface area contributed by atoms with Gasteiger partial charge in [0.25, 0.3) is 0 Å². The molecule has 0 aliphatic heterocycles. The second-order valence-corrected chi connectivity index (χ2v) is 3.20. The summed E-state index contributed by atoms with van der Waals surface area (Å²) in [5.74, 6) is -13.0. The summed E-state index contributed by atoms with van der Waals surface area (Å²) in [5.41, 5.74) is 0. The molecule has 116 valence electrons. The van der Waals surface area contributed by atoms with E-state index >= 15 is 0 Å². The maximum Gasteiger partial charge on any atom is 1.00 e. The second-order valence-electron chi connectivity index (χ2n) is 3.20. The van der Waals surface area contributed by atoms with Crippen LogP contribution < -0.4 is 24.0 Å². The molecule has 0 aliphatic carbocycles. The van der Waals surface area contributed by atoms with E-state index in [1.807, 2.05) is 0 Å². The molecule has 0 N–H and O–H groups in total. The Hall–Kier alpha value is -0.183. The third-order valence-corrected chi connectivity index (χ3v) is 1.78. The van der Waals surface area contributed by atoms with Crippen molar-refractivity contribution in [2.24, 2.45) is 0 Å². The Bertz CT molecular complexity index is 273. The quantitative estimate of drug-likeness (QED) is 0.488. The van der Waals surface area contributed by atoms with Crippen LogP contribution in [0.5, 0.6) is 0 Å². The molecule has 0 rings (SSSR count). The van der Waals surface area contributed by atoms with E-state index in [2.05, 4.69) is 4.74 Å². The third kappa shape index (κ3) is 4.41. The molecule has 0 radical (unpaired) electrons. The van der Waals surface area contributed by atoms with Gasteiger partial charge in [-0.25, -0.2) is 0 Å². The topological polar surface area (TPSA) is 32.3 Å². The molecule has 0 fully saturated rings. The van der Waals surface area contributed by atoms with E-state index in [4.69, 9.17) is 0 Å². The molecule has 2 nitrogen and oxygen atoms in total. The first kappa shape index (κ1) is 22.1. The van der Waals surface area contributed by atoms with E-state index in [-0.39, 0.29) is 18.9 Å². The summed E-state index contributed by atoms with van der Waals surface area (Å²) in [7, 11) is 0. The predicted molar refractivity (Wildman–Crippen MR) is 36.6 cm³/mol. The molecule has 0 bridgehead atoms. The van der Waals surface area contributed by atoms with Gasteiger partial charge in [-0.15, -0.1) is 6.61 Å². The summed E-state index contributed by atoms with van der Waals surface area (Å²) in [6.45, 7) is -3.24. The van der Waals surface area contributed by atoms with Crippen LogP contribution in [0.15, 0.2) is 0 Å².